The summed E-state index contributed by atoms with van der Waals surface area (Å²) in [5, 5.41) is 13.6. The van der Waals surface area contributed by atoms with Crippen molar-refractivity contribution in [1.29, 1.82) is 0 Å². The van der Waals surface area contributed by atoms with Gasteiger partial charge in [0, 0.05) is 17.1 Å². The number of furan rings is 1. The van der Waals surface area contributed by atoms with E-state index in [4.69, 9.17) is 27.6 Å². The van der Waals surface area contributed by atoms with Gasteiger partial charge in [0.2, 0.25) is 10.0 Å². The van der Waals surface area contributed by atoms with Crippen molar-refractivity contribution < 1.29 is 27.5 Å². The normalized spacial score (nSPS) is 16.6. The lowest BCUT2D eigenvalue weighted by molar-refractivity contribution is -0.124. The van der Waals surface area contributed by atoms with Crippen LogP contribution in [0.3, 0.4) is 0 Å². The second-order valence-corrected chi connectivity index (χ2v) is 10.4. The molecule has 1 atom stereocenters. The molecule has 35 heavy (non-hydrogen) atoms. The van der Waals surface area contributed by atoms with Gasteiger partial charge in [0.25, 0.3) is 5.91 Å². The molecule has 1 saturated heterocycles. The van der Waals surface area contributed by atoms with Crippen LogP contribution in [0.15, 0.2) is 69.0 Å². The molecule has 0 radical (unpaired) electrons. The first-order valence-electron chi connectivity index (χ1n) is 10.4. The van der Waals surface area contributed by atoms with Gasteiger partial charge in [0.1, 0.15) is 17.6 Å². The van der Waals surface area contributed by atoms with E-state index < -0.39 is 27.9 Å². The second-order valence-electron chi connectivity index (χ2n) is 7.66. The minimum absolute atomic E-state index is 0.0569. The van der Waals surface area contributed by atoms with Crippen molar-refractivity contribution >= 4 is 51.3 Å². The van der Waals surface area contributed by atoms with Crippen LogP contribution in [-0.2, 0) is 14.8 Å². The number of rotatable bonds is 7. The lowest BCUT2D eigenvalue weighted by atomic mass is 10.1. The number of nitrogens with zero attached hydrogens (tertiary/aromatic N) is 2. The zero-order chi connectivity index (χ0) is 25.2. The topological polar surface area (TPSA) is 129 Å². The largest absolute Gasteiger partial charge is 0.478 e. The van der Waals surface area contributed by atoms with Crippen molar-refractivity contribution in [3.05, 3.63) is 76.0 Å². The first kappa shape index (κ1) is 24.9. The van der Waals surface area contributed by atoms with Gasteiger partial charge in [-0.25, -0.2) is 18.6 Å². The van der Waals surface area contributed by atoms with Gasteiger partial charge in [-0.3, -0.25) is 4.79 Å². The van der Waals surface area contributed by atoms with Gasteiger partial charge in [-0.1, -0.05) is 23.2 Å². The van der Waals surface area contributed by atoms with E-state index in [-0.39, 0.29) is 22.0 Å². The summed E-state index contributed by atoms with van der Waals surface area (Å²) in [5.74, 6) is -1.05. The van der Waals surface area contributed by atoms with E-state index in [0.717, 1.165) is 4.31 Å². The first-order chi connectivity index (χ1) is 16.7. The zero-order valence-electron chi connectivity index (χ0n) is 18.0. The summed E-state index contributed by atoms with van der Waals surface area (Å²) in [6.07, 6.45) is 2.17. The number of hydrazone groups is 1. The fraction of sp³-hybridized carbons (Fsp3) is 0.174. The van der Waals surface area contributed by atoms with Crippen LogP contribution in [0.5, 0.6) is 0 Å². The minimum Gasteiger partial charge on any atom is -0.478 e. The lowest BCUT2D eigenvalue weighted by Crippen LogP contribution is -2.44. The van der Waals surface area contributed by atoms with Crippen molar-refractivity contribution in [2.45, 2.75) is 23.8 Å². The molecule has 0 unspecified atom stereocenters. The average molecular weight is 536 g/mol. The van der Waals surface area contributed by atoms with E-state index >= 15 is 0 Å². The van der Waals surface area contributed by atoms with Crippen LogP contribution in [0.4, 0.5) is 0 Å². The molecule has 1 aliphatic rings. The van der Waals surface area contributed by atoms with Crippen LogP contribution >= 0.6 is 23.2 Å². The summed E-state index contributed by atoms with van der Waals surface area (Å²) in [7, 11) is -3.87. The number of sulfonamides is 1. The van der Waals surface area contributed by atoms with Crippen LogP contribution in [0.1, 0.15) is 29.0 Å². The molecule has 0 aliphatic carbocycles. The van der Waals surface area contributed by atoms with Crippen LogP contribution in [-0.4, -0.2) is 48.5 Å². The SMILES string of the molecule is O=C(O)c1cc(-c2ccc(/C=N\NC(=O)[C@H]3CCCN3S(=O)(=O)c3ccc(Cl)cc3)o2)ccc1Cl. The highest BCUT2D eigenvalue weighted by molar-refractivity contribution is 7.89. The Morgan fingerprint density at radius 1 is 1.11 bits per heavy atom. The molecule has 2 heterocycles. The first-order valence-corrected chi connectivity index (χ1v) is 12.6. The molecule has 2 aromatic carbocycles. The fourth-order valence-corrected chi connectivity index (χ4v) is 5.67. The summed E-state index contributed by atoms with van der Waals surface area (Å²) < 4.78 is 32.8. The molecule has 3 aromatic rings. The molecule has 1 aromatic heterocycles. The van der Waals surface area contributed by atoms with E-state index in [1.807, 2.05) is 0 Å². The molecule has 9 nitrogen and oxygen atoms in total. The highest BCUT2D eigenvalue weighted by Gasteiger charge is 2.39. The molecule has 1 aliphatic heterocycles. The standard InChI is InChI=1S/C23H19Cl2N3O6S/c24-15-4-7-17(8-5-15)35(32,33)28-11-1-2-20(28)22(29)27-26-13-16-6-10-21(34-16)14-3-9-19(25)18(12-14)23(30)31/h3-10,12-13,20H,1-2,11H2,(H,27,29)(H,30,31)/b26-13-/t20-/m1/s1. The van der Waals surface area contributed by atoms with Crippen molar-refractivity contribution in [2.75, 3.05) is 6.54 Å². The van der Waals surface area contributed by atoms with Crippen LogP contribution in [0.2, 0.25) is 10.0 Å². The number of benzene rings is 2. The smallest absolute Gasteiger partial charge is 0.337 e. The van der Waals surface area contributed by atoms with Crippen LogP contribution in [0, 0.1) is 0 Å². The third kappa shape index (κ3) is 5.40. The molecule has 4 rings (SSSR count). The van der Waals surface area contributed by atoms with Gasteiger partial charge in [0.15, 0.2) is 0 Å². The van der Waals surface area contributed by atoms with Crippen molar-refractivity contribution in [1.82, 2.24) is 9.73 Å². The second kappa shape index (κ2) is 10.2. The number of amides is 1. The molecule has 0 saturated carbocycles. The van der Waals surface area contributed by atoms with Gasteiger partial charge < -0.3 is 9.52 Å². The van der Waals surface area contributed by atoms with Crippen molar-refractivity contribution in [3.63, 3.8) is 0 Å². The Bertz CT molecular complexity index is 1400. The van der Waals surface area contributed by atoms with E-state index in [0.29, 0.717) is 34.9 Å². The molecule has 1 amide bonds. The van der Waals surface area contributed by atoms with Crippen LogP contribution < -0.4 is 5.43 Å². The molecule has 1 fully saturated rings. The van der Waals surface area contributed by atoms with Crippen molar-refractivity contribution in [3.8, 4) is 11.3 Å². The van der Waals surface area contributed by atoms with E-state index in [9.17, 15) is 23.1 Å². The summed E-state index contributed by atoms with van der Waals surface area (Å²) in [6, 6.07) is 12.5. The summed E-state index contributed by atoms with van der Waals surface area (Å²) in [4.78, 5) is 24.0. The number of carbonyl (C=O) groups excluding carboxylic acids is 1. The maximum atomic E-state index is 13.0. The zero-order valence-corrected chi connectivity index (χ0v) is 20.3. The van der Waals surface area contributed by atoms with Gasteiger partial charge >= 0.3 is 5.97 Å². The summed E-state index contributed by atoms with van der Waals surface area (Å²) in [6.45, 7) is 0.216. The number of nitrogens with one attached hydrogen (secondary N) is 1. The highest BCUT2D eigenvalue weighted by atomic mass is 35.5. The molecule has 2 N–H and O–H groups in total. The molecule has 12 heteroatoms. The lowest BCUT2D eigenvalue weighted by Gasteiger charge is -2.22. The Labute approximate surface area is 211 Å². The number of halogens is 2. The maximum absolute atomic E-state index is 13.0. The molecule has 182 valence electrons. The number of carboxylic acids is 1. The van der Waals surface area contributed by atoms with E-state index in [2.05, 4.69) is 10.5 Å². The number of aromatic carboxylic acids is 1. The monoisotopic (exact) mass is 535 g/mol. The van der Waals surface area contributed by atoms with Gasteiger partial charge in [-0.05, 0) is 67.4 Å². The van der Waals surface area contributed by atoms with E-state index in [1.165, 1.54) is 42.6 Å². The van der Waals surface area contributed by atoms with Gasteiger partial charge in [-0.2, -0.15) is 9.41 Å². The predicted molar refractivity (Wildman–Crippen MR) is 130 cm³/mol. The van der Waals surface area contributed by atoms with Gasteiger partial charge in [-0.15, -0.1) is 0 Å². The minimum atomic E-state index is -3.87. The maximum Gasteiger partial charge on any atom is 0.337 e. The quantitative estimate of drug-likeness (QED) is 0.343. The molecule has 0 bridgehead atoms. The Morgan fingerprint density at radius 2 is 1.86 bits per heavy atom. The average Bonchev–Trinajstić information content (AvgIpc) is 3.50. The number of carboxylic acid groups (broad SMARTS) is 1. The molecule has 0 spiro atoms. The number of hydrogen-bond donors (Lipinski definition) is 2. The Morgan fingerprint density at radius 3 is 2.57 bits per heavy atom. The number of carbonyl (C=O) groups is 2. The number of hydrogen-bond acceptors (Lipinski definition) is 6. The Balaban J connectivity index is 1.43. The van der Waals surface area contributed by atoms with Crippen molar-refractivity contribution in [2.24, 2.45) is 5.10 Å². The Hall–Kier alpha value is -3.18. The summed E-state index contributed by atoms with van der Waals surface area (Å²) >= 11 is 11.7. The third-order valence-electron chi connectivity index (χ3n) is 5.40. The molecular formula is C23H19Cl2N3O6S. The third-order valence-corrected chi connectivity index (χ3v) is 7.91. The summed E-state index contributed by atoms with van der Waals surface area (Å²) in [5.41, 5.74) is 2.81. The molecular weight excluding hydrogens is 517 g/mol. The van der Waals surface area contributed by atoms with Gasteiger partial charge in [0.05, 0.1) is 21.7 Å². The highest BCUT2D eigenvalue weighted by Crippen LogP contribution is 2.28. The van der Waals surface area contributed by atoms with E-state index in [1.54, 1.807) is 18.2 Å². The Kier molecular flexibility index (Phi) is 7.27. The predicted octanol–water partition coefficient (Wildman–Crippen LogP) is 4.26. The fourth-order valence-electron chi connectivity index (χ4n) is 3.69. The van der Waals surface area contributed by atoms with Crippen LogP contribution in [0.25, 0.3) is 11.3 Å².